The standard InChI is InChI=1S/C13H13Cl3N2O2/c1-18-9(8(14)6-17-18)4-7-5-10(19-2)13(20-3)12(16)11(7)15/h5-6H,4H2,1-3H3. The van der Waals surface area contributed by atoms with Crippen molar-refractivity contribution in [1.29, 1.82) is 0 Å². The van der Waals surface area contributed by atoms with E-state index in [0.29, 0.717) is 33.0 Å². The third kappa shape index (κ3) is 2.68. The summed E-state index contributed by atoms with van der Waals surface area (Å²) in [5.74, 6) is 0.939. The Labute approximate surface area is 132 Å². The maximum Gasteiger partial charge on any atom is 0.180 e. The van der Waals surface area contributed by atoms with Gasteiger partial charge in [0.25, 0.3) is 0 Å². The summed E-state index contributed by atoms with van der Waals surface area (Å²) < 4.78 is 12.2. The van der Waals surface area contributed by atoms with Crippen LogP contribution in [0.1, 0.15) is 11.3 Å². The van der Waals surface area contributed by atoms with Gasteiger partial charge < -0.3 is 9.47 Å². The fraction of sp³-hybridized carbons (Fsp3) is 0.308. The Kier molecular flexibility index (Phi) is 4.68. The van der Waals surface area contributed by atoms with Gasteiger partial charge in [0, 0.05) is 13.5 Å². The predicted octanol–water partition coefficient (Wildman–Crippen LogP) is 3.99. The maximum atomic E-state index is 6.29. The van der Waals surface area contributed by atoms with Crippen LogP contribution in [0.15, 0.2) is 12.3 Å². The van der Waals surface area contributed by atoms with Crippen molar-refractivity contribution in [1.82, 2.24) is 9.78 Å². The first-order chi connectivity index (χ1) is 9.49. The molecular weight excluding hydrogens is 323 g/mol. The van der Waals surface area contributed by atoms with Gasteiger partial charge in [0.05, 0.1) is 36.2 Å². The van der Waals surface area contributed by atoms with E-state index >= 15 is 0 Å². The summed E-state index contributed by atoms with van der Waals surface area (Å²) in [6, 6.07) is 1.79. The zero-order chi connectivity index (χ0) is 14.9. The molecule has 0 N–H and O–H groups in total. The molecule has 2 aromatic rings. The molecule has 0 saturated heterocycles. The van der Waals surface area contributed by atoms with Crippen LogP contribution in [-0.4, -0.2) is 24.0 Å². The number of ether oxygens (including phenoxy) is 2. The van der Waals surface area contributed by atoms with Crippen LogP contribution in [0.5, 0.6) is 11.5 Å². The molecule has 1 aromatic carbocycles. The maximum absolute atomic E-state index is 6.29. The van der Waals surface area contributed by atoms with Crippen molar-refractivity contribution in [2.75, 3.05) is 14.2 Å². The van der Waals surface area contributed by atoms with Gasteiger partial charge in [-0.05, 0) is 11.6 Å². The second-order valence-electron chi connectivity index (χ2n) is 4.14. The van der Waals surface area contributed by atoms with Gasteiger partial charge in [0.2, 0.25) is 0 Å². The summed E-state index contributed by atoms with van der Waals surface area (Å²) in [6.07, 6.45) is 2.08. The summed E-state index contributed by atoms with van der Waals surface area (Å²) in [5, 5.41) is 5.41. The van der Waals surface area contributed by atoms with Crippen LogP contribution < -0.4 is 9.47 Å². The van der Waals surface area contributed by atoms with Crippen LogP contribution in [0.4, 0.5) is 0 Å². The average molecular weight is 336 g/mol. The lowest BCUT2D eigenvalue weighted by Gasteiger charge is -2.14. The molecule has 20 heavy (non-hydrogen) atoms. The molecule has 4 nitrogen and oxygen atoms in total. The quantitative estimate of drug-likeness (QED) is 0.847. The smallest absolute Gasteiger partial charge is 0.180 e. The monoisotopic (exact) mass is 334 g/mol. The molecule has 0 aliphatic rings. The van der Waals surface area contributed by atoms with Crippen molar-refractivity contribution in [3.8, 4) is 11.5 Å². The molecule has 1 aromatic heterocycles. The molecule has 0 radical (unpaired) electrons. The van der Waals surface area contributed by atoms with Crippen molar-refractivity contribution in [3.05, 3.63) is 38.6 Å². The van der Waals surface area contributed by atoms with E-state index in [1.807, 2.05) is 7.05 Å². The molecular formula is C13H13Cl3N2O2. The third-order valence-electron chi connectivity index (χ3n) is 3.00. The lowest BCUT2D eigenvalue weighted by Crippen LogP contribution is -2.02. The Morgan fingerprint density at radius 2 is 1.85 bits per heavy atom. The molecule has 0 amide bonds. The van der Waals surface area contributed by atoms with E-state index in [9.17, 15) is 0 Å². The minimum atomic E-state index is 0.321. The van der Waals surface area contributed by atoms with Gasteiger partial charge in [-0.1, -0.05) is 34.8 Å². The number of aryl methyl sites for hydroxylation is 1. The van der Waals surface area contributed by atoms with Gasteiger partial charge in [-0.15, -0.1) is 0 Å². The second kappa shape index (κ2) is 6.12. The normalized spacial score (nSPS) is 10.7. The van der Waals surface area contributed by atoms with Crippen LogP contribution >= 0.6 is 34.8 Å². The van der Waals surface area contributed by atoms with E-state index in [1.165, 1.54) is 7.11 Å². The van der Waals surface area contributed by atoms with E-state index in [1.54, 1.807) is 24.1 Å². The van der Waals surface area contributed by atoms with Crippen LogP contribution in [-0.2, 0) is 13.5 Å². The first-order valence-electron chi connectivity index (χ1n) is 5.74. The highest BCUT2D eigenvalue weighted by atomic mass is 35.5. The number of methoxy groups -OCH3 is 2. The number of halogens is 3. The highest BCUT2D eigenvalue weighted by molar-refractivity contribution is 6.43. The first-order valence-corrected chi connectivity index (χ1v) is 6.88. The molecule has 108 valence electrons. The fourth-order valence-corrected chi connectivity index (χ4v) is 2.65. The third-order valence-corrected chi connectivity index (χ3v) is 4.20. The van der Waals surface area contributed by atoms with Crippen molar-refractivity contribution < 1.29 is 9.47 Å². The summed E-state index contributed by atoms with van der Waals surface area (Å²) >= 11 is 18.6. The minimum absolute atomic E-state index is 0.321. The highest BCUT2D eigenvalue weighted by Crippen LogP contribution is 2.42. The van der Waals surface area contributed by atoms with Gasteiger partial charge in [-0.25, -0.2) is 0 Å². The van der Waals surface area contributed by atoms with Gasteiger partial charge in [0.1, 0.15) is 5.02 Å². The minimum Gasteiger partial charge on any atom is -0.493 e. The molecule has 0 atom stereocenters. The van der Waals surface area contributed by atoms with Gasteiger partial charge >= 0.3 is 0 Å². The Bertz CT molecular complexity index is 622. The zero-order valence-electron chi connectivity index (χ0n) is 11.2. The molecule has 0 spiro atoms. The molecule has 1 heterocycles. The average Bonchev–Trinajstić information content (AvgIpc) is 2.75. The Hall–Kier alpha value is -1.10. The lowest BCUT2D eigenvalue weighted by molar-refractivity contribution is 0.355. The van der Waals surface area contributed by atoms with Crippen LogP contribution in [0.3, 0.4) is 0 Å². The van der Waals surface area contributed by atoms with Crippen molar-refractivity contribution in [2.45, 2.75) is 6.42 Å². The van der Waals surface area contributed by atoms with Gasteiger partial charge in [-0.2, -0.15) is 5.10 Å². The Morgan fingerprint density at radius 3 is 2.35 bits per heavy atom. The number of aromatic nitrogens is 2. The highest BCUT2D eigenvalue weighted by Gasteiger charge is 2.19. The van der Waals surface area contributed by atoms with Crippen molar-refractivity contribution >= 4 is 34.8 Å². The first kappa shape index (κ1) is 15.3. The number of nitrogens with zero attached hydrogens (tertiary/aromatic N) is 2. The van der Waals surface area contributed by atoms with Crippen LogP contribution in [0, 0.1) is 0 Å². The largest absolute Gasteiger partial charge is 0.493 e. The van der Waals surface area contributed by atoms with E-state index in [0.717, 1.165) is 11.3 Å². The molecule has 0 saturated carbocycles. The molecule has 0 bridgehead atoms. The summed E-state index contributed by atoms with van der Waals surface area (Å²) in [6.45, 7) is 0. The number of rotatable bonds is 4. The SMILES string of the molecule is COc1cc(Cc2c(Cl)cnn2C)c(Cl)c(Cl)c1OC. The fourth-order valence-electron chi connectivity index (χ4n) is 1.92. The lowest BCUT2D eigenvalue weighted by atomic mass is 10.1. The van der Waals surface area contributed by atoms with Crippen molar-refractivity contribution in [2.24, 2.45) is 7.05 Å². The summed E-state index contributed by atoms with van der Waals surface area (Å²) in [5.41, 5.74) is 1.64. The van der Waals surface area contributed by atoms with Crippen molar-refractivity contribution in [3.63, 3.8) is 0 Å². The van der Waals surface area contributed by atoms with Gasteiger partial charge in [0.15, 0.2) is 11.5 Å². The summed E-state index contributed by atoms with van der Waals surface area (Å²) in [7, 11) is 4.87. The topological polar surface area (TPSA) is 36.3 Å². The van der Waals surface area contributed by atoms with Crippen LogP contribution in [0.2, 0.25) is 15.1 Å². The Balaban J connectivity index is 2.50. The van der Waals surface area contributed by atoms with E-state index in [2.05, 4.69) is 5.10 Å². The molecule has 0 aliphatic carbocycles. The second-order valence-corrected chi connectivity index (χ2v) is 5.30. The van der Waals surface area contributed by atoms with Gasteiger partial charge in [-0.3, -0.25) is 4.68 Å². The molecule has 7 heteroatoms. The molecule has 0 unspecified atom stereocenters. The van der Waals surface area contributed by atoms with E-state index < -0.39 is 0 Å². The zero-order valence-corrected chi connectivity index (χ0v) is 13.5. The number of hydrogen-bond acceptors (Lipinski definition) is 3. The van der Waals surface area contributed by atoms with E-state index in [-0.39, 0.29) is 0 Å². The number of hydrogen-bond donors (Lipinski definition) is 0. The molecule has 2 rings (SSSR count). The van der Waals surface area contributed by atoms with Crippen LogP contribution in [0.25, 0.3) is 0 Å². The Morgan fingerprint density at radius 1 is 1.15 bits per heavy atom. The molecule has 0 fully saturated rings. The predicted molar refractivity (Wildman–Crippen MR) is 80.6 cm³/mol. The van der Waals surface area contributed by atoms with E-state index in [4.69, 9.17) is 44.3 Å². The summed E-state index contributed by atoms with van der Waals surface area (Å²) in [4.78, 5) is 0. The molecule has 0 aliphatic heterocycles. The number of benzene rings is 1.